The molecule has 1 atom stereocenters. The molecule has 0 aliphatic rings. The standard InChI is InChI=1S/C12H18ClNO/c1-8(2)12(3,14)10-7-9(13)5-6-11(10)15-4/h5-8H,14H2,1-4H3. The van der Waals surface area contributed by atoms with Crippen molar-refractivity contribution in [3.8, 4) is 5.75 Å². The van der Waals surface area contributed by atoms with Crippen LogP contribution in [0, 0.1) is 5.92 Å². The Morgan fingerprint density at radius 2 is 2.00 bits per heavy atom. The summed E-state index contributed by atoms with van der Waals surface area (Å²) in [5, 5.41) is 0.683. The lowest BCUT2D eigenvalue weighted by atomic mass is 9.82. The third kappa shape index (κ3) is 2.44. The largest absolute Gasteiger partial charge is 0.496 e. The Balaban J connectivity index is 3.28. The Hall–Kier alpha value is -0.730. The maximum absolute atomic E-state index is 6.29. The minimum absolute atomic E-state index is 0.310. The zero-order chi connectivity index (χ0) is 11.6. The second-order valence-electron chi connectivity index (χ2n) is 4.28. The summed E-state index contributed by atoms with van der Waals surface area (Å²) in [7, 11) is 1.64. The summed E-state index contributed by atoms with van der Waals surface area (Å²) in [5.41, 5.74) is 6.80. The van der Waals surface area contributed by atoms with Crippen LogP contribution in [-0.2, 0) is 5.54 Å². The van der Waals surface area contributed by atoms with Gasteiger partial charge in [0.2, 0.25) is 0 Å². The summed E-state index contributed by atoms with van der Waals surface area (Å²) in [6.07, 6.45) is 0. The highest BCUT2D eigenvalue weighted by Gasteiger charge is 2.28. The molecule has 0 amide bonds. The van der Waals surface area contributed by atoms with Gasteiger partial charge in [-0.05, 0) is 31.0 Å². The van der Waals surface area contributed by atoms with Crippen molar-refractivity contribution in [3.63, 3.8) is 0 Å². The van der Waals surface area contributed by atoms with Gasteiger partial charge >= 0.3 is 0 Å². The van der Waals surface area contributed by atoms with E-state index >= 15 is 0 Å². The predicted octanol–water partition coefficient (Wildman–Crippen LogP) is 3.18. The second kappa shape index (κ2) is 4.42. The first-order valence-corrected chi connectivity index (χ1v) is 5.40. The van der Waals surface area contributed by atoms with E-state index in [1.807, 2.05) is 19.1 Å². The number of hydrogen-bond acceptors (Lipinski definition) is 2. The van der Waals surface area contributed by atoms with Gasteiger partial charge in [0.1, 0.15) is 5.75 Å². The average Bonchev–Trinajstić information content (AvgIpc) is 2.17. The molecule has 0 aliphatic carbocycles. The normalized spacial score (nSPS) is 15.1. The molecule has 0 fully saturated rings. The summed E-state index contributed by atoms with van der Waals surface area (Å²) in [6.45, 7) is 6.16. The summed E-state index contributed by atoms with van der Waals surface area (Å²) < 4.78 is 5.30. The summed E-state index contributed by atoms with van der Waals surface area (Å²) in [4.78, 5) is 0. The molecule has 0 bridgehead atoms. The molecule has 1 unspecified atom stereocenters. The summed E-state index contributed by atoms with van der Waals surface area (Å²) in [6, 6.07) is 5.53. The quantitative estimate of drug-likeness (QED) is 0.861. The van der Waals surface area contributed by atoms with Crippen LogP contribution in [0.2, 0.25) is 5.02 Å². The number of ether oxygens (including phenoxy) is 1. The smallest absolute Gasteiger partial charge is 0.124 e. The van der Waals surface area contributed by atoms with Gasteiger partial charge in [0.25, 0.3) is 0 Å². The molecule has 15 heavy (non-hydrogen) atoms. The average molecular weight is 228 g/mol. The van der Waals surface area contributed by atoms with Crippen LogP contribution in [0.25, 0.3) is 0 Å². The van der Waals surface area contributed by atoms with Gasteiger partial charge in [-0.3, -0.25) is 0 Å². The van der Waals surface area contributed by atoms with E-state index in [0.29, 0.717) is 10.9 Å². The fourth-order valence-electron chi connectivity index (χ4n) is 1.41. The van der Waals surface area contributed by atoms with Gasteiger partial charge in [-0.15, -0.1) is 0 Å². The Labute approximate surface area is 96.4 Å². The molecule has 1 aromatic carbocycles. The molecule has 0 radical (unpaired) electrons. The van der Waals surface area contributed by atoms with Crippen LogP contribution in [0.4, 0.5) is 0 Å². The lowest BCUT2D eigenvalue weighted by molar-refractivity contribution is 0.326. The van der Waals surface area contributed by atoms with Crippen LogP contribution in [0.1, 0.15) is 26.3 Å². The maximum Gasteiger partial charge on any atom is 0.124 e. The monoisotopic (exact) mass is 227 g/mol. The number of nitrogens with two attached hydrogens (primary N) is 1. The first kappa shape index (κ1) is 12.3. The minimum Gasteiger partial charge on any atom is -0.496 e. The van der Waals surface area contributed by atoms with Crippen molar-refractivity contribution in [1.82, 2.24) is 0 Å². The van der Waals surface area contributed by atoms with Gasteiger partial charge in [0.05, 0.1) is 7.11 Å². The van der Waals surface area contributed by atoms with Crippen molar-refractivity contribution in [1.29, 1.82) is 0 Å². The Morgan fingerprint density at radius 1 is 1.40 bits per heavy atom. The third-order valence-corrected chi connectivity index (χ3v) is 3.18. The third-order valence-electron chi connectivity index (χ3n) is 2.94. The number of halogens is 1. The molecular weight excluding hydrogens is 210 g/mol. The topological polar surface area (TPSA) is 35.2 Å². The van der Waals surface area contributed by atoms with Gasteiger partial charge < -0.3 is 10.5 Å². The molecule has 0 spiro atoms. The lowest BCUT2D eigenvalue weighted by Gasteiger charge is -2.31. The molecule has 2 nitrogen and oxygen atoms in total. The number of methoxy groups -OCH3 is 1. The molecule has 1 aromatic rings. The van der Waals surface area contributed by atoms with Crippen molar-refractivity contribution in [3.05, 3.63) is 28.8 Å². The minimum atomic E-state index is -0.434. The van der Waals surface area contributed by atoms with Crippen molar-refractivity contribution in [2.45, 2.75) is 26.3 Å². The molecule has 2 N–H and O–H groups in total. The van der Waals surface area contributed by atoms with Crippen molar-refractivity contribution >= 4 is 11.6 Å². The number of hydrogen-bond donors (Lipinski definition) is 1. The van der Waals surface area contributed by atoms with Crippen LogP contribution in [0.5, 0.6) is 5.75 Å². The SMILES string of the molecule is COc1ccc(Cl)cc1C(C)(N)C(C)C. The molecule has 0 aromatic heterocycles. The molecule has 0 aliphatic heterocycles. The van der Waals surface area contributed by atoms with Gasteiger partial charge in [-0.25, -0.2) is 0 Å². The summed E-state index contributed by atoms with van der Waals surface area (Å²) >= 11 is 5.97. The molecule has 0 saturated heterocycles. The predicted molar refractivity (Wildman–Crippen MR) is 64.4 cm³/mol. The highest BCUT2D eigenvalue weighted by atomic mass is 35.5. The number of rotatable bonds is 3. The van der Waals surface area contributed by atoms with Gasteiger partial charge in [0, 0.05) is 16.1 Å². The van der Waals surface area contributed by atoms with E-state index in [0.717, 1.165) is 11.3 Å². The first-order valence-electron chi connectivity index (χ1n) is 5.02. The van der Waals surface area contributed by atoms with Gasteiger partial charge in [-0.2, -0.15) is 0 Å². The fraction of sp³-hybridized carbons (Fsp3) is 0.500. The van der Waals surface area contributed by atoms with Crippen LogP contribution in [-0.4, -0.2) is 7.11 Å². The van der Waals surface area contributed by atoms with E-state index < -0.39 is 5.54 Å². The van der Waals surface area contributed by atoms with E-state index in [1.54, 1.807) is 13.2 Å². The lowest BCUT2D eigenvalue weighted by Crippen LogP contribution is -2.38. The second-order valence-corrected chi connectivity index (χ2v) is 4.72. The highest BCUT2D eigenvalue weighted by Crippen LogP contribution is 2.35. The van der Waals surface area contributed by atoms with E-state index in [2.05, 4.69) is 13.8 Å². The van der Waals surface area contributed by atoms with E-state index in [1.165, 1.54) is 0 Å². The van der Waals surface area contributed by atoms with Crippen molar-refractivity contribution < 1.29 is 4.74 Å². The van der Waals surface area contributed by atoms with E-state index in [4.69, 9.17) is 22.1 Å². The van der Waals surface area contributed by atoms with Crippen molar-refractivity contribution in [2.75, 3.05) is 7.11 Å². The molecule has 3 heteroatoms. The van der Waals surface area contributed by atoms with Crippen LogP contribution < -0.4 is 10.5 Å². The van der Waals surface area contributed by atoms with Crippen molar-refractivity contribution in [2.24, 2.45) is 11.7 Å². The molecule has 0 saturated carbocycles. The Morgan fingerprint density at radius 3 is 2.47 bits per heavy atom. The van der Waals surface area contributed by atoms with Crippen LogP contribution in [0.15, 0.2) is 18.2 Å². The Bertz CT molecular complexity index is 347. The molecular formula is C12H18ClNO. The van der Waals surface area contributed by atoms with E-state index in [9.17, 15) is 0 Å². The van der Waals surface area contributed by atoms with Gasteiger partial charge in [-0.1, -0.05) is 25.4 Å². The number of benzene rings is 1. The molecule has 1 rings (SSSR count). The fourth-order valence-corrected chi connectivity index (χ4v) is 1.58. The van der Waals surface area contributed by atoms with E-state index in [-0.39, 0.29) is 0 Å². The summed E-state index contributed by atoms with van der Waals surface area (Å²) in [5.74, 6) is 1.10. The maximum atomic E-state index is 6.29. The first-order chi connectivity index (χ1) is 6.89. The Kier molecular flexibility index (Phi) is 3.63. The van der Waals surface area contributed by atoms with Crippen LogP contribution >= 0.6 is 11.6 Å². The highest BCUT2D eigenvalue weighted by molar-refractivity contribution is 6.30. The molecule has 0 heterocycles. The van der Waals surface area contributed by atoms with Gasteiger partial charge in [0.15, 0.2) is 0 Å². The zero-order valence-electron chi connectivity index (χ0n) is 9.67. The zero-order valence-corrected chi connectivity index (χ0v) is 10.4. The molecule has 84 valence electrons. The van der Waals surface area contributed by atoms with Crippen LogP contribution in [0.3, 0.4) is 0 Å².